The summed E-state index contributed by atoms with van der Waals surface area (Å²) in [6, 6.07) is 10.0. The van der Waals surface area contributed by atoms with Crippen molar-refractivity contribution in [3.05, 3.63) is 57.0 Å². The molecule has 0 aliphatic rings. The lowest BCUT2D eigenvalue weighted by molar-refractivity contribution is 0.0784. The zero-order valence-electron chi connectivity index (χ0n) is 12.1. The number of amides is 1. The number of ether oxygens (including phenoxy) is 1. The van der Waals surface area contributed by atoms with Crippen LogP contribution in [-0.2, 0) is 6.54 Å². The second-order valence-corrected chi connectivity index (χ2v) is 6.11. The molecule has 0 bridgehead atoms. The fourth-order valence-electron chi connectivity index (χ4n) is 2.06. The summed E-state index contributed by atoms with van der Waals surface area (Å²) in [6.45, 7) is 0.389. The van der Waals surface area contributed by atoms with Gasteiger partial charge in [0, 0.05) is 29.2 Å². The lowest BCUT2D eigenvalue weighted by atomic mass is 10.1. The summed E-state index contributed by atoms with van der Waals surface area (Å²) >= 11 is 9.25. The summed E-state index contributed by atoms with van der Waals surface area (Å²) in [7, 11) is 3.29. The SMILES string of the molecule is COc1ccc(Br)cc1CN(C)C(=O)c1ccc(O)c(Cl)c1. The van der Waals surface area contributed by atoms with Crippen molar-refractivity contribution in [3.63, 3.8) is 0 Å². The monoisotopic (exact) mass is 383 g/mol. The molecule has 0 heterocycles. The Labute approximate surface area is 142 Å². The number of hydrogen-bond acceptors (Lipinski definition) is 3. The molecule has 2 aromatic rings. The van der Waals surface area contributed by atoms with Gasteiger partial charge in [-0.25, -0.2) is 0 Å². The predicted octanol–water partition coefficient (Wildman–Crippen LogP) is 4.09. The number of halogens is 2. The van der Waals surface area contributed by atoms with Crippen LogP contribution < -0.4 is 4.74 Å². The fraction of sp³-hybridized carbons (Fsp3) is 0.188. The van der Waals surface area contributed by atoms with E-state index in [4.69, 9.17) is 16.3 Å². The highest BCUT2D eigenvalue weighted by atomic mass is 79.9. The first-order valence-electron chi connectivity index (χ1n) is 6.48. The number of phenols is 1. The molecule has 2 aromatic carbocycles. The second kappa shape index (κ2) is 7.03. The van der Waals surface area contributed by atoms with Crippen LogP contribution in [0, 0.1) is 0 Å². The Bertz CT molecular complexity index is 706. The largest absolute Gasteiger partial charge is 0.506 e. The fourth-order valence-corrected chi connectivity index (χ4v) is 2.65. The zero-order chi connectivity index (χ0) is 16.3. The number of carbonyl (C=O) groups excluding carboxylic acids is 1. The minimum atomic E-state index is -0.191. The molecule has 2 rings (SSSR count). The molecular formula is C16H15BrClNO3. The van der Waals surface area contributed by atoms with E-state index in [2.05, 4.69) is 15.9 Å². The van der Waals surface area contributed by atoms with Crippen molar-refractivity contribution in [2.75, 3.05) is 14.2 Å². The van der Waals surface area contributed by atoms with Gasteiger partial charge in [0.05, 0.1) is 12.1 Å². The zero-order valence-corrected chi connectivity index (χ0v) is 14.5. The highest BCUT2D eigenvalue weighted by molar-refractivity contribution is 9.10. The first kappa shape index (κ1) is 16.6. The molecule has 4 nitrogen and oxygen atoms in total. The topological polar surface area (TPSA) is 49.8 Å². The number of phenolic OH excluding ortho intramolecular Hbond substituents is 1. The van der Waals surface area contributed by atoms with Crippen molar-refractivity contribution < 1.29 is 14.6 Å². The Hall–Kier alpha value is -1.72. The normalized spacial score (nSPS) is 10.4. The van der Waals surface area contributed by atoms with Crippen LogP contribution in [0.25, 0.3) is 0 Å². The molecule has 0 aliphatic heterocycles. The molecule has 0 unspecified atom stereocenters. The number of rotatable bonds is 4. The molecule has 1 N–H and O–H groups in total. The molecular weight excluding hydrogens is 370 g/mol. The van der Waals surface area contributed by atoms with Crippen LogP contribution in [0.3, 0.4) is 0 Å². The number of carbonyl (C=O) groups is 1. The third kappa shape index (κ3) is 3.72. The smallest absolute Gasteiger partial charge is 0.253 e. The summed E-state index contributed by atoms with van der Waals surface area (Å²) in [5.74, 6) is 0.477. The minimum absolute atomic E-state index is 0.0467. The van der Waals surface area contributed by atoms with E-state index in [1.165, 1.54) is 18.2 Å². The summed E-state index contributed by atoms with van der Waals surface area (Å²) < 4.78 is 6.22. The molecule has 0 saturated carbocycles. The van der Waals surface area contributed by atoms with Gasteiger partial charge in [-0.1, -0.05) is 27.5 Å². The van der Waals surface area contributed by atoms with E-state index in [9.17, 15) is 9.90 Å². The van der Waals surface area contributed by atoms with Crippen LogP contribution in [0.5, 0.6) is 11.5 Å². The first-order valence-corrected chi connectivity index (χ1v) is 7.66. The lowest BCUT2D eigenvalue weighted by Gasteiger charge is -2.19. The van der Waals surface area contributed by atoms with Crippen molar-refractivity contribution in [2.24, 2.45) is 0 Å². The van der Waals surface area contributed by atoms with Gasteiger partial charge in [0.25, 0.3) is 5.91 Å². The van der Waals surface area contributed by atoms with Crippen molar-refractivity contribution >= 4 is 33.4 Å². The summed E-state index contributed by atoms with van der Waals surface area (Å²) in [5, 5.41) is 9.57. The van der Waals surface area contributed by atoms with Crippen LogP contribution in [-0.4, -0.2) is 30.1 Å². The van der Waals surface area contributed by atoms with Gasteiger partial charge in [-0.05, 0) is 36.4 Å². The maximum absolute atomic E-state index is 12.4. The van der Waals surface area contributed by atoms with Gasteiger partial charge in [0.1, 0.15) is 11.5 Å². The van der Waals surface area contributed by atoms with E-state index >= 15 is 0 Å². The van der Waals surface area contributed by atoms with Crippen molar-refractivity contribution in [1.29, 1.82) is 0 Å². The van der Waals surface area contributed by atoms with Crippen molar-refractivity contribution in [1.82, 2.24) is 4.90 Å². The summed E-state index contributed by atoms with van der Waals surface area (Å²) in [5.41, 5.74) is 1.30. The maximum Gasteiger partial charge on any atom is 0.253 e. The number of benzene rings is 2. The van der Waals surface area contributed by atoms with Crippen LogP contribution >= 0.6 is 27.5 Å². The molecule has 22 heavy (non-hydrogen) atoms. The predicted molar refractivity (Wildman–Crippen MR) is 89.6 cm³/mol. The molecule has 6 heteroatoms. The van der Waals surface area contributed by atoms with Crippen LogP contribution in [0.2, 0.25) is 5.02 Å². The summed E-state index contributed by atoms with van der Waals surface area (Å²) in [4.78, 5) is 14.0. The molecule has 0 spiro atoms. The molecule has 0 fully saturated rings. The lowest BCUT2D eigenvalue weighted by Crippen LogP contribution is -2.26. The standard InChI is InChI=1S/C16H15BrClNO3/c1-19(9-11-7-12(17)4-6-15(11)22-2)16(21)10-3-5-14(20)13(18)8-10/h3-8,20H,9H2,1-2H3. The average Bonchev–Trinajstić information content (AvgIpc) is 2.49. The third-order valence-corrected chi connectivity index (χ3v) is 3.99. The van der Waals surface area contributed by atoms with Gasteiger partial charge in [-0.3, -0.25) is 4.79 Å². The van der Waals surface area contributed by atoms with E-state index < -0.39 is 0 Å². The Morgan fingerprint density at radius 2 is 2.05 bits per heavy atom. The molecule has 0 atom stereocenters. The van der Waals surface area contributed by atoms with E-state index in [-0.39, 0.29) is 16.7 Å². The average molecular weight is 385 g/mol. The highest BCUT2D eigenvalue weighted by Gasteiger charge is 2.15. The van der Waals surface area contributed by atoms with E-state index in [0.717, 1.165) is 10.0 Å². The van der Waals surface area contributed by atoms with Gasteiger partial charge in [0.15, 0.2) is 0 Å². The Balaban J connectivity index is 2.21. The maximum atomic E-state index is 12.4. The number of nitrogens with zero attached hydrogens (tertiary/aromatic N) is 1. The van der Waals surface area contributed by atoms with Crippen molar-refractivity contribution in [2.45, 2.75) is 6.54 Å². The number of aromatic hydroxyl groups is 1. The first-order chi connectivity index (χ1) is 10.4. The molecule has 0 aliphatic carbocycles. The molecule has 0 radical (unpaired) electrons. The Morgan fingerprint density at radius 3 is 2.68 bits per heavy atom. The van der Waals surface area contributed by atoms with Gasteiger partial charge in [-0.2, -0.15) is 0 Å². The Kier molecular flexibility index (Phi) is 5.32. The van der Waals surface area contributed by atoms with E-state index in [0.29, 0.717) is 17.9 Å². The van der Waals surface area contributed by atoms with Gasteiger partial charge in [0.2, 0.25) is 0 Å². The number of hydrogen-bond donors (Lipinski definition) is 1. The molecule has 1 amide bonds. The molecule has 116 valence electrons. The molecule has 0 aromatic heterocycles. The van der Waals surface area contributed by atoms with Crippen LogP contribution in [0.1, 0.15) is 15.9 Å². The Morgan fingerprint density at radius 1 is 1.32 bits per heavy atom. The van der Waals surface area contributed by atoms with Crippen LogP contribution in [0.15, 0.2) is 40.9 Å². The quantitative estimate of drug-likeness (QED) is 0.864. The van der Waals surface area contributed by atoms with E-state index in [1.807, 2.05) is 18.2 Å². The van der Waals surface area contributed by atoms with Crippen molar-refractivity contribution in [3.8, 4) is 11.5 Å². The van der Waals surface area contributed by atoms with Gasteiger partial charge in [-0.15, -0.1) is 0 Å². The molecule has 0 saturated heterocycles. The summed E-state index contributed by atoms with van der Waals surface area (Å²) in [6.07, 6.45) is 0. The third-order valence-electron chi connectivity index (χ3n) is 3.19. The highest BCUT2D eigenvalue weighted by Crippen LogP contribution is 2.26. The van der Waals surface area contributed by atoms with Crippen LogP contribution in [0.4, 0.5) is 0 Å². The van der Waals surface area contributed by atoms with Gasteiger partial charge >= 0.3 is 0 Å². The minimum Gasteiger partial charge on any atom is -0.506 e. The number of methoxy groups -OCH3 is 1. The van der Waals surface area contributed by atoms with Gasteiger partial charge < -0.3 is 14.7 Å². The second-order valence-electron chi connectivity index (χ2n) is 4.78. The van der Waals surface area contributed by atoms with E-state index in [1.54, 1.807) is 19.1 Å².